The molecule has 0 spiro atoms. The van der Waals surface area contributed by atoms with Crippen molar-refractivity contribution in [2.45, 2.75) is 26.1 Å². The molecule has 0 saturated carbocycles. The number of benzene rings is 1. The molecule has 6 nitrogen and oxygen atoms in total. The number of hydrogen-bond donors (Lipinski definition) is 2. The molecule has 0 aliphatic rings. The highest BCUT2D eigenvalue weighted by Gasteiger charge is 2.35. The van der Waals surface area contributed by atoms with Crippen molar-refractivity contribution in [1.82, 2.24) is 5.32 Å². The fourth-order valence-corrected chi connectivity index (χ4v) is 3.26. The van der Waals surface area contributed by atoms with Crippen LogP contribution >= 0.6 is 22.9 Å². The van der Waals surface area contributed by atoms with Gasteiger partial charge in [0, 0.05) is 0 Å². The molecule has 0 aliphatic heterocycles. The predicted octanol–water partition coefficient (Wildman–Crippen LogP) is 4.36. The summed E-state index contributed by atoms with van der Waals surface area (Å²) >= 11 is 6.96. The molecule has 1 atom stereocenters. The molecule has 2 aromatic rings. The number of amides is 2. The number of carbonyl (C=O) groups is 3. The van der Waals surface area contributed by atoms with Crippen LogP contribution < -0.4 is 10.6 Å². The Balaban J connectivity index is 2.01. The second kappa shape index (κ2) is 9.94. The minimum Gasteiger partial charge on any atom is -0.454 e. The zero-order chi connectivity index (χ0) is 22.5. The maximum absolute atomic E-state index is 13.1. The van der Waals surface area contributed by atoms with Crippen molar-refractivity contribution in [2.75, 3.05) is 11.9 Å². The third kappa shape index (κ3) is 6.20. The highest BCUT2D eigenvalue weighted by Crippen LogP contribution is 2.38. The monoisotopic (exact) mass is 462 g/mol. The fourth-order valence-electron chi connectivity index (χ4n) is 2.41. The summed E-state index contributed by atoms with van der Waals surface area (Å²) in [5.74, 6) is -2.73. The highest BCUT2D eigenvalue weighted by molar-refractivity contribution is 7.12. The zero-order valence-electron chi connectivity index (χ0n) is 15.9. The number of thiophene rings is 1. The molecule has 30 heavy (non-hydrogen) atoms. The van der Waals surface area contributed by atoms with E-state index in [4.69, 9.17) is 16.3 Å². The average Bonchev–Trinajstić information content (AvgIpc) is 3.19. The smallest absolute Gasteiger partial charge is 0.418 e. The third-order valence-corrected chi connectivity index (χ3v) is 5.06. The minimum absolute atomic E-state index is 0.312. The molecule has 1 unspecified atom stereocenters. The second-order valence-corrected chi connectivity index (χ2v) is 7.84. The fraction of sp³-hybridized carbons (Fsp3) is 0.316. The van der Waals surface area contributed by atoms with E-state index in [0.717, 1.165) is 12.1 Å². The normalized spacial score (nSPS) is 12.4. The number of halogens is 4. The molecule has 2 amide bonds. The van der Waals surface area contributed by atoms with E-state index in [0.29, 0.717) is 4.88 Å². The number of rotatable bonds is 7. The summed E-state index contributed by atoms with van der Waals surface area (Å²) in [5, 5.41) is 5.93. The predicted molar refractivity (Wildman–Crippen MR) is 106 cm³/mol. The van der Waals surface area contributed by atoms with Gasteiger partial charge in [-0.1, -0.05) is 37.6 Å². The zero-order valence-corrected chi connectivity index (χ0v) is 17.5. The maximum Gasteiger partial charge on any atom is 0.418 e. The second-order valence-electron chi connectivity index (χ2n) is 6.49. The Morgan fingerprint density at radius 1 is 1.17 bits per heavy atom. The standard InChI is InChI=1S/C19H18ClF3N2O4S/c1-10(2)15(25-17(27)13-7-4-8-30-13)18(28)29-9-14(26)24-16-11(19(21,22)23)5-3-6-12(16)20/h3-8,10,15H,9H2,1-2H3,(H,24,26)(H,25,27). The van der Waals surface area contributed by atoms with Crippen LogP contribution in [0, 0.1) is 5.92 Å². The van der Waals surface area contributed by atoms with Crippen LogP contribution in [-0.4, -0.2) is 30.4 Å². The summed E-state index contributed by atoms with van der Waals surface area (Å²) in [7, 11) is 0. The number of carbonyl (C=O) groups excluding carboxylic acids is 3. The summed E-state index contributed by atoms with van der Waals surface area (Å²) in [6.07, 6.45) is -4.74. The number of nitrogens with one attached hydrogen (secondary N) is 2. The lowest BCUT2D eigenvalue weighted by molar-refractivity contribution is -0.150. The molecule has 1 heterocycles. The van der Waals surface area contributed by atoms with E-state index in [1.165, 1.54) is 17.4 Å². The Kier molecular flexibility index (Phi) is 7.85. The third-order valence-electron chi connectivity index (χ3n) is 3.88. The first-order valence-corrected chi connectivity index (χ1v) is 9.93. The summed E-state index contributed by atoms with van der Waals surface area (Å²) in [6.45, 7) is 2.49. The van der Waals surface area contributed by atoms with Gasteiger partial charge in [0.1, 0.15) is 6.04 Å². The molecule has 2 rings (SSSR count). The van der Waals surface area contributed by atoms with Crippen LogP contribution in [0.15, 0.2) is 35.7 Å². The van der Waals surface area contributed by atoms with Crippen LogP contribution in [0.3, 0.4) is 0 Å². The Morgan fingerprint density at radius 2 is 1.87 bits per heavy atom. The van der Waals surface area contributed by atoms with Gasteiger partial charge in [0.25, 0.3) is 11.8 Å². The highest BCUT2D eigenvalue weighted by atomic mass is 35.5. The summed E-state index contributed by atoms with van der Waals surface area (Å²) < 4.78 is 44.2. The van der Waals surface area contributed by atoms with Crippen molar-refractivity contribution in [1.29, 1.82) is 0 Å². The lowest BCUT2D eigenvalue weighted by atomic mass is 10.0. The molecular weight excluding hydrogens is 445 g/mol. The number of para-hydroxylation sites is 1. The van der Waals surface area contributed by atoms with Crippen molar-refractivity contribution in [3.8, 4) is 0 Å². The molecule has 2 N–H and O–H groups in total. The molecule has 1 aromatic heterocycles. The van der Waals surface area contributed by atoms with E-state index >= 15 is 0 Å². The average molecular weight is 463 g/mol. The number of ether oxygens (including phenoxy) is 1. The molecular formula is C19H18ClF3N2O4S. The lowest BCUT2D eigenvalue weighted by Crippen LogP contribution is -2.45. The van der Waals surface area contributed by atoms with Crippen LogP contribution in [0.5, 0.6) is 0 Å². The first-order chi connectivity index (χ1) is 14.0. The summed E-state index contributed by atoms with van der Waals surface area (Å²) in [5.41, 5.74) is -1.75. The number of anilines is 1. The van der Waals surface area contributed by atoms with Gasteiger partial charge in [0.2, 0.25) is 0 Å². The van der Waals surface area contributed by atoms with Crippen molar-refractivity contribution in [3.05, 3.63) is 51.2 Å². The summed E-state index contributed by atoms with van der Waals surface area (Å²) in [4.78, 5) is 36.9. The summed E-state index contributed by atoms with van der Waals surface area (Å²) in [6, 6.07) is 5.27. The van der Waals surface area contributed by atoms with Gasteiger partial charge in [-0.2, -0.15) is 13.2 Å². The first-order valence-electron chi connectivity index (χ1n) is 8.67. The quantitative estimate of drug-likeness (QED) is 0.599. The Morgan fingerprint density at radius 3 is 2.43 bits per heavy atom. The molecule has 11 heteroatoms. The van der Waals surface area contributed by atoms with Crippen molar-refractivity contribution < 1.29 is 32.3 Å². The van der Waals surface area contributed by atoms with E-state index in [1.54, 1.807) is 31.4 Å². The van der Waals surface area contributed by atoms with E-state index in [9.17, 15) is 27.6 Å². The molecule has 0 aliphatic carbocycles. The van der Waals surface area contributed by atoms with Gasteiger partial charge in [-0.05, 0) is 29.5 Å². The van der Waals surface area contributed by atoms with Gasteiger partial charge < -0.3 is 15.4 Å². The van der Waals surface area contributed by atoms with E-state index in [-0.39, 0.29) is 10.9 Å². The molecule has 0 saturated heterocycles. The van der Waals surface area contributed by atoms with E-state index in [2.05, 4.69) is 5.32 Å². The Hall–Kier alpha value is -2.59. The number of esters is 1. The Bertz CT molecular complexity index is 917. The van der Waals surface area contributed by atoms with Crippen LogP contribution in [0.1, 0.15) is 29.1 Å². The van der Waals surface area contributed by atoms with Crippen molar-refractivity contribution in [3.63, 3.8) is 0 Å². The Labute approximate surface area is 179 Å². The van der Waals surface area contributed by atoms with Crippen molar-refractivity contribution in [2.24, 2.45) is 5.92 Å². The van der Waals surface area contributed by atoms with E-state index < -0.39 is 47.9 Å². The molecule has 1 aromatic carbocycles. The molecule has 0 fully saturated rings. The van der Waals surface area contributed by atoms with Gasteiger partial charge >= 0.3 is 12.1 Å². The number of alkyl halides is 3. The largest absolute Gasteiger partial charge is 0.454 e. The van der Waals surface area contributed by atoms with E-state index in [1.807, 2.05) is 5.32 Å². The maximum atomic E-state index is 13.1. The van der Waals surface area contributed by atoms with Gasteiger partial charge in [-0.3, -0.25) is 9.59 Å². The van der Waals surface area contributed by atoms with Gasteiger partial charge in [0.05, 0.1) is 21.2 Å². The first kappa shape index (κ1) is 23.7. The minimum atomic E-state index is -4.74. The SMILES string of the molecule is CC(C)C(NC(=O)c1cccs1)C(=O)OCC(=O)Nc1c(Cl)cccc1C(F)(F)F. The van der Waals surface area contributed by atoms with Crippen LogP contribution in [-0.2, 0) is 20.5 Å². The molecule has 0 radical (unpaired) electrons. The number of hydrogen-bond acceptors (Lipinski definition) is 5. The van der Waals surface area contributed by atoms with Crippen LogP contribution in [0.4, 0.5) is 18.9 Å². The van der Waals surface area contributed by atoms with Crippen LogP contribution in [0.25, 0.3) is 0 Å². The van der Waals surface area contributed by atoms with Crippen molar-refractivity contribution >= 4 is 46.4 Å². The van der Waals surface area contributed by atoms with Gasteiger partial charge in [0.15, 0.2) is 6.61 Å². The molecule has 0 bridgehead atoms. The topological polar surface area (TPSA) is 84.5 Å². The van der Waals surface area contributed by atoms with Crippen LogP contribution in [0.2, 0.25) is 5.02 Å². The van der Waals surface area contributed by atoms with Gasteiger partial charge in [-0.15, -0.1) is 11.3 Å². The lowest BCUT2D eigenvalue weighted by Gasteiger charge is -2.20. The molecule has 162 valence electrons. The van der Waals surface area contributed by atoms with Gasteiger partial charge in [-0.25, -0.2) is 4.79 Å².